The molecule has 1 aromatic heterocycles. The van der Waals surface area contributed by atoms with Gasteiger partial charge in [-0.05, 0) is 69.7 Å². The van der Waals surface area contributed by atoms with Crippen LogP contribution < -0.4 is 15.6 Å². The molecule has 1 saturated carbocycles. The van der Waals surface area contributed by atoms with Crippen LogP contribution in [0.4, 0.5) is 5.69 Å². The standard InChI is InChI=1S/C24H30N4O3/c1-15-21(27-12-9-17(13-27)16(2)26-11-4-3-10-25)8-7-19-22(15)28(18-5-6-18)14-20(23(19)29)24(30)31/h7-8,14,16-18,26H,3-6,9,11-13H2,1-2H3,(H,30,31). The van der Waals surface area contributed by atoms with Gasteiger partial charge in [-0.15, -0.1) is 0 Å². The third kappa shape index (κ3) is 4.17. The third-order valence-electron chi connectivity index (χ3n) is 6.79. The fourth-order valence-electron chi connectivity index (χ4n) is 4.83. The van der Waals surface area contributed by atoms with Crippen LogP contribution in [0.2, 0.25) is 0 Å². The summed E-state index contributed by atoms with van der Waals surface area (Å²) < 4.78 is 2.02. The van der Waals surface area contributed by atoms with E-state index in [4.69, 9.17) is 5.26 Å². The highest BCUT2D eigenvalue weighted by molar-refractivity contribution is 5.95. The number of hydrogen-bond acceptors (Lipinski definition) is 5. The lowest BCUT2D eigenvalue weighted by Gasteiger charge is -2.25. The van der Waals surface area contributed by atoms with E-state index in [1.165, 1.54) is 0 Å². The fourth-order valence-corrected chi connectivity index (χ4v) is 4.83. The van der Waals surface area contributed by atoms with Crippen molar-refractivity contribution in [3.8, 4) is 6.07 Å². The second-order valence-corrected chi connectivity index (χ2v) is 8.92. The van der Waals surface area contributed by atoms with Gasteiger partial charge >= 0.3 is 5.97 Å². The number of rotatable bonds is 8. The van der Waals surface area contributed by atoms with Gasteiger partial charge in [-0.1, -0.05) is 0 Å². The van der Waals surface area contributed by atoms with E-state index in [2.05, 4.69) is 23.2 Å². The van der Waals surface area contributed by atoms with E-state index in [-0.39, 0.29) is 11.6 Å². The molecule has 2 N–H and O–H groups in total. The van der Waals surface area contributed by atoms with Crippen LogP contribution in [0.15, 0.2) is 23.1 Å². The number of aryl methyl sites for hydroxylation is 1. The van der Waals surface area contributed by atoms with Crippen molar-refractivity contribution in [3.05, 3.63) is 39.7 Å². The normalized spacial score (nSPS) is 19.5. The molecule has 2 unspecified atom stereocenters. The van der Waals surface area contributed by atoms with Crippen molar-refractivity contribution in [2.45, 2.75) is 58.0 Å². The molecule has 0 spiro atoms. The third-order valence-corrected chi connectivity index (χ3v) is 6.79. The summed E-state index contributed by atoms with van der Waals surface area (Å²) in [6.07, 6.45) is 6.12. The molecular formula is C24H30N4O3. The number of nitrogens with one attached hydrogen (secondary N) is 1. The van der Waals surface area contributed by atoms with Crippen molar-refractivity contribution in [1.82, 2.24) is 9.88 Å². The Balaban J connectivity index is 1.61. The van der Waals surface area contributed by atoms with Crippen LogP contribution in [-0.4, -0.2) is 41.3 Å². The number of carboxylic acids is 1. The molecule has 1 saturated heterocycles. The number of carboxylic acid groups (broad SMARTS) is 1. The molecule has 2 aliphatic rings. The molecule has 0 bridgehead atoms. The van der Waals surface area contributed by atoms with Crippen LogP contribution in [0.1, 0.15) is 61.0 Å². The van der Waals surface area contributed by atoms with Gasteiger partial charge in [0.2, 0.25) is 5.43 Å². The number of nitrogens with zero attached hydrogens (tertiary/aromatic N) is 3. The number of pyridine rings is 1. The number of hydrogen-bond donors (Lipinski definition) is 2. The molecule has 31 heavy (non-hydrogen) atoms. The van der Waals surface area contributed by atoms with Gasteiger partial charge in [0.25, 0.3) is 0 Å². The molecule has 2 atom stereocenters. The zero-order chi connectivity index (χ0) is 22.1. The lowest BCUT2D eigenvalue weighted by molar-refractivity contribution is 0.0695. The second-order valence-electron chi connectivity index (χ2n) is 8.92. The first-order chi connectivity index (χ1) is 14.9. The minimum atomic E-state index is -1.17. The Morgan fingerprint density at radius 3 is 2.81 bits per heavy atom. The van der Waals surface area contributed by atoms with Gasteiger partial charge in [0.15, 0.2) is 0 Å². The van der Waals surface area contributed by atoms with Crippen LogP contribution in [0.3, 0.4) is 0 Å². The largest absolute Gasteiger partial charge is 0.477 e. The highest BCUT2D eigenvalue weighted by atomic mass is 16.4. The van der Waals surface area contributed by atoms with Crippen LogP contribution in [-0.2, 0) is 0 Å². The molecule has 7 heteroatoms. The van der Waals surface area contributed by atoms with Gasteiger partial charge in [-0.2, -0.15) is 5.26 Å². The Hall–Kier alpha value is -2.85. The molecule has 164 valence electrons. The van der Waals surface area contributed by atoms with Crippen molar-refractivity contribution in [3.63, 3.8) is 0 Å². The Morgan fingerprint density at radius 2 is 2.13 bits per heavy atom. The maximum absolute atomic E-state index is 12.8. The van der Waals surface area contributed by atoms with E-state index >= 15 is 0 Å². The molecule has 1 aromatic carbocycles. The van der Waals surface area contributed by atoms with Crippen molar-refractivity contribution >= 4 is 22.6 Å². The number of fused-ring (bicyclic) bond motifs is 1. The van der Waals surface area contributed by atoms with E-state index in [0.29, 0.717) is 23.8 Å². The Kier molecular flexibility index (Phi) is 6.01. The highest BCUT2D eigenvalue weighted by Gasteiger charge is 2.31. The van der Waals surface area contributed by atoms with Crippen LogP contribution in [0.5, 0.6) is 0 Å². The Labute approximate surface area is 182 Å². The number of benzene rings is 1. The quantitative estimate of drug-likeness (QED) is 0.632. The van der Waals surface area contributed by atoms with Crippen molar-refractivity contribution in [2.75, 3.05) is 24.5 Å². The molecule has 2 fully saturated rings. The molecule has 4 rings (SSSR count). The van der Waals surface area contributed by atoms with Crippen LogP contribution in [0.25, 0.3) is 10.9 Å². The van der Waals surface area contributed by atoms with E-state index in [1.54, 1.807) is 6.20 Å². The number of anilines is 1. The second kappa shape index (κ2) is 8.72. The summed E-state index contributed by atoms with van der Waals surface area (Å²) in [5, 5.41) is 22.2. The molecule has 2 aromatic rings. The summed E-state index contributed by atoms with van der Waals surface area (Å²) >= 11 is 0. The lowest BCUT2D eigenvalue weighted by Crippen LogP contribution is -2.36. The number of nitriles is 1. The van der Waals surface area contributed by atoms with Crippen molar-refractivity contribution in [2.24, 2.45) is 5.92 Å². The summed E-state index contributed by atoms with van der Waals surface area (Å²) in [5.41, 5.74) is 2.51. The number of carbonyl (C=O) groups is 1. The van der Waals surface area contributed by atoms with Gasteiger partial charge in [0.05, 0.1) is 11.6 Å². The molecule has 0 amide bonds. The lowest BCUT2D eigenvalue weighted by atomic mass is 10.0. The monoisotopic (exact) mass is 422 g/mol. The van der Waals surface area contributed by atoms with E-state index in [9.17, 15) is 14.7 Å². The Morgan fingerprint density at radius 1 is 1.35 bits per heavy atom. The average molecular weight is 423 g/mol. The fraction of sp³-hybridized carbons (Fsp3) is 0.542. The van der Waals surface area contributed by atoms with E-state index in [1.807, 2.05) is 23.6 Å². The summed E-state index contributed by atoms with van der Waals surface area (Å²) in [7, 11) is 0. The van der Waals surface area contributed by atoms with Gasteiger partial charge in [0, 0.05) is 48.9 Å². The Bertz CT molecular complexity index is 1100. The molecular weight excluding hydrogens is 392 g/mol. The minimum Gasteiger partial charge on any atom is -0.477 e. The van der Waals surface area contributed by atoms with Crippen LogP contribution >= 0.6 is 0 Å². The topological polar surface area (TPSA) is 98.4 Å². The SMILES string of the molecule is Cc1c(N2CCC(C(C)NCCCC#N)C2)ccc2c(=O)c(C(=O)O)cn(C3CC3)c12. The maximum atomic E-state index is 12.8. The highest BCUT2D eigenvalue weighted by Crippen LogP contribution is 2.39. The summed E-state index contributed by atoms with van der Waals surface area (Å²) in [6.45, 7) is 7.03. The number of aromatic carboxylic acids is 1. The van der Waals surface area contributed by atoms with Gasteiger partial charge in [-0.3, -0.25) is 4.79 Å². The number of unbranched alkanes of at least 4 members (excludes halogenated alkanes) is 1. The summed E-state index contributed by atoms with van der Waals surface area (Å²) in [4.78, 5) is 26.8. The van der Waals surface area contributed by atoms with Crippen LogP contribution in [0, 0.1) is 24.2 Å². The van der Waals surface area contributed by atoms with Gasteiger partial charge in [-0.25, -0.2) is 4.79 Å². The molecule has 1 aliphatic heterocycles. The zero-order valence-corrected chi connectivity index (χ0v) is 18.2. The van der Waals surface area contributed by atoms with E-state index < -0.39 is 11.4 Å². The number of aromatic nitrogens is 1. The maximum Gasteiger partial charge on any atom is 0.341 e. The first-order valence-electron chi connectivity index (χ1n) is 11.2. The first-order valence-corrected chi connectivity index (χ1v) is 11.2. The summed E-state index contributed by atoms with van der Waals surface area (Å²) in [6, 6.07) is 6.63. The predicted molar refractivity (Wildman–Crippen MR) is 121 cm³/mol. The first kappa shape index (κ1) is 21.4. The molecule has 1 aliphatic carbocycles. The minimum absolute atomic E-state index is 0.149. The van der Waals surface area contributed by atoms with Gasteiger partial charge < -0.3 is 19.9 Å². The average Bonchev–Trinajstić information content (AvgIpc) is 3.47. The smallest absolute Gasteiger partial charge is 0.341 e. The van der Waals surface area contributed by atoms with Crippen molar-refractivity contribution < 1.29 is 9.90 Å². The summed E-state index contributed by atoms with van der Waals surface area (Å²) in [5.74, 6) is -0.640. The van der Waals surface area contributed by atoms with Gasteiger partial charge in [0.1, 0.15) is 5.56 Å². The molecule has 7 nitrogen and oxygen atoms in total. The molecule has 2 heterocycles. The molecule has 0 radical (unpaired) electrons. The predicted octanol–water partition coefficient (Wildman–Crippen LogP) is 3.45. The van der Waals surface area contributed by atoms with Crippen molar-refractivity contribution in [1.29, 1.82) is 5.26 Å². The zero-order valence-electron chi connectivity index (χ0n) is 18.2. The van der Waals surface area contributed by atoms with E-state index in [0.717, 1.165) is 62.1 Å².